The Morgan fingerprint density at radius 2 is 1.93 bits per heavy atom. The van der Waals surface area contributed by atoms with Crippen LogP contribution in [0.4, 0.5) is 11.5 Å². The largest absolute Gasteiger partial charge is 0.339 e. The summed E-state index contributed by atoms with van der Waals surface area (Å²) in [6.45, 7) is 0.524. The molecule has 0 spiro atoms. The number of hydrogen-bond donors (Lipinski definition) is 1. The maximum atomic E-state index is 8.91. The zero-order chi connectivity index (χ0) is 19.6. The second-order valence-corrected chi connectivity index (χ2v) is 6.49. The van der Waals surface area contributed by atoms with Crippen LogP contribution >= 0.6 is 0 Å². The summed E-state index contributed by atoms with van der Waals surface area (Å²) < 4.78 is 1.73. The predicted octanol–water partition coefficient (Wildman–Crippen LogP) is 3.43. The molecule has 0 aliphatic heterocycles. The van der Waals surface area contributed by atoms with Gasteiger partial charge in [0, 0.05) is 17.3 Å². The van der Waals surface area contributed by atoms with Crippen molar-refractivity contribution < 1.29 is 0 Å². The topological polar surface area (TPSA) is 105 Å². The van der Waals surface area contributed by atoms with Gasteiger partial charge in [-0.2, -0.15) is 5.26 Å². The fraction of sp³-hybridized carbons (Fsp3) is 0.0476. The standard InChI is InChI=1S/C21H14N8/c22-11-14-3-6-17(7-4-14)25-19-12-24-20-21(26-19)29(28-27-20)13-15-5-8-18-16(10-15)2-1-9-23-18/h1-10,12H,13H2,(H,25,26). The Balaban J connectivity index is 1.44. The van der Waals surface area contributed by atoms with E-state index in [1.54, 1.807) is 29.2 Å². The fourth-order valence-electron chi connectivity index (χ4n) is 3.09. The molecule has 29 heavy (non-hydrogen) atoms. The summed E-state index contributed by atoms with van der Waals surface area (Å²) in [5, 5.41) is 21.5. The van der Waals surface area contributed by atoms with Gasteiger partial charge in [-0.1, -0.05) is 17.3 Å². The highest BCUT2D eigenvalue weighted by Gasteiger charge is 2.10. The third-order valence-electron chi connectivity index (χ3n) is 4.51. The fourth-order valence-corrected chi connectivity index (χ4v) is 3.09. The summed E-state index contributed by atoms with van der Waals surface area (Å²) in [5.74, 6) is 0.577. The number of benzene rings is 2. The SMILES string of the molecule is N#Cc1ccc(Nc2cnc3nnn(Cc4ccc5ncccc5c4)c3n2)cc1. The molecule has 0 aliphatic carbocycles. The number of nitriles is 1. The van der Waals surface area contributed by atoms with Crippen LogP contribution in [0.2, 0.25) is 0 Å². The summed E-state index contributed by atoms with van der Waals surface area (Å²) >= 11 is 0. The van der Waals surface area contributed by atoms with E-state index < -0.39 is 0 Å². The molecule has 0 bridgehead atoms. The molecule has 0 fully saturated rings. The van der Waals surface area contributed by atoms with Crippen LogP contribution in [-0.2, 0) is 6.54 Å². The summed E-state index contributed by atoms with van der Waals surface area (Å²) in [6, 6.07) is 19.3. The van der Waals surface area contributed by atoms with Gasteiger partial charge in [-0.25, -0.2) is 14.6 Å². The first-order valence-corrected chi connectivity index (χ1v) is 8.95. The van der Waals surface area contributed by atoms with Crippen LogP contribution in [0.5, 0.6) is 0 Å². The van der Waals surface area contributed by atoms with E-state index in [1.165, 1.54) is 0 Å². The predicted molar refractivity (Wildman–Crippen MR) is 108 cm³/mol. The minimum absolute atomic E-state index is 0.484. The van der Waals surface area contributed by atoms with Crippen LogP contribution in [0, 0.1) is 11.3 Å². The van der Waals surface area contributed by atoms with Gasteiger partial charge >= 0.3 is 0 Å². The molecule has 0 atom stereocenters. The lowest BCUT2D eigenvalue weighted by Crippen LogP contribution is -2.04. The normalized spacial score (nSPS) is 10.9. The molecule has 0 radical (unpaired) electrons. The molecule has 0 saturated heterocycles. The summed E-state index contributed by atoms with van der Waals surface area (Å²) in [6.07, 6.45) is 3.40. The first-order valence-electron chi connectivity index (χ1n) is 8.95. The minimum atomic E-state index is 0.484. The quantitative estimate of drug-likeness (QED) is 0.511. The molecule has 3 aromatic heterocycles. The Morgan fingerprint density at radius 1 is 1.03 bits per heavy atom. The van der Waals surface area contributed by atoms with Gasteiger partial charge in [0.1, 0.15) is 0 Å². The van der Waals surface area contributed by atoms with Gasteiger partial charge in [0.15, 0.2) is 11.5 Å². The second kappa shape index (κ2) is 6.98. The Hall–Kier alpha value is -4.38. The number of hydrogen-bond acceptors (Lipinski definition) is 7. The number of rotatable bonds is 4. The third-order valence-corrected chi connectivity index (χ3v) is 4.51. The molecular formula is C21H14N8. The molecule has 3 heterocycles. The van der Waals surface area contributed by atoms with Crippen LogP contribution in [0.25, 0.3) is 22.2 Å². The lowest BCUT2D eigenvalue weighted by molar-refractivity contribution is 0.664. The van der Waals surface area contributed by atoms with Gasteiger partial charge < -0.3 is 5.32 Å². The maximum absolute atomic E-state index is 8.91. The van der Waals surface area contributed by atoms with Crippen LogP contribution in [0.15, 0.2) is 67.0 Å². The lowest BCUT2D eigenvalue weighted by Gasteiger charge is -2.06. The van der Waals surface area contributed by atoms with Crippen LogP contribution in [-0.4, -0.2) is 29.9 Å². The van der Waals surface area contributed by atoms with Crippen molar-refractivity contribution in [3.63, 3.8) is 0 Å². The second-order valence-electron chi connectivity index (χ2n) is 6.49. The maximum Gasteiger partial charge on any atom is 0.221 e. The van der Waals surface area contributed by atoms with Crippen LogP contribution < -0.4 is 5.32 Å². The average Bonchev–Trinajstić information content (AvgIpc) is 3.16. The number of fused-ring (bicyclic) bond motifs is 2. The lowest BCUT2D eigenvalue weighted by atomic mass is 10.1. The zero-order valence-corrected chi connectivity index (χ0v) is 15.2. The van der Waals surface area contributed by atoms with E-state index in [4.69, 9.17) is 5.26 Å². The molecule has 0 amide bonds. The molecule has 0 unspecified atom stereocenters. The minimum Gasteiger partial charge on any atom is -0.339 e. The van der Waals surface area contributed by atoms with Crippen LogP contribution in [0.3, 0.4) is 0 Å². The molecule has 8 heteroatoms. The molecule has 5 rings (SSSR count). The van der Waals surface area contributed by atoms with Gasteiger partial charge in [0.05, 0.1) is 29.9 Å². The van der Waals surface area contributed by atoms with Crippen molar-refractivity contribution in [1.29, 1.82) is 5.26 Å². The van der Waals surface area contributed by atoms with E-state index in [-0.39, 0.29) is 0 Å². The molecular weight excluding hydrogens is 364 g/mol. The van der Waals surface area contributed by atoms with E-state index in [0.717, 1.165) is 22.2 Å². The van der Waals surface area contributed by atoms with Crippen molar-refractivity contribution in [2.45, 2.75) is 6.54 Å². The Kier molecular flexibility index (Phi) is 4.03. The summed E-state index contributed by atoms with van der Waals surface area (Å²) in [4.78, 5) is 13.3. The van der Waals surface area contributed by atoms with Crippen molar-refractivity contribution in [2.24, 2.45) is 0 Å². The van der Waals surface area contributed by atoms with E-state index in [1.807, 2.05) is 36.4 Å². The smallest absolute Gasteiger partial charge is 0.221 e. The van der Waals surface area contributed by atoms with Gasteiger partial charge in [-0.05, 0) is 48.0 Å². The Morgan fingerprint density at radius 3 is 2.79 bits per heavy atom. The summed E-state index contributed by atoms with van der Waals surface area (Å²) in [7, 11) is 0. The van der Waals surface area contributed by atoms with E-state index >= 15 is 0 Å². The third kappa shape index (κ3) is 3.33. The number of nitrogens with zero attached hydrogens (tertiary/aromatic N) is 7. The van der Waals surface area contributed by atoms with E-state index in [9.17, 15) is 0 Å². The van der Waals surface area contributed by atoms with Gasteiger partial charge in [-0.3, -0.25) is 4.98 Å². The van der Waals surface area contributed by atoms with Gasteiger partial charge in [0.25, 0.3) is 0 Å². The number of aromatic nitrogens is 6. The molecule has 1 N–H and O–H groups in total. The highest BCUT2D eigenvalue weighted by atomic mass is 15.5. The highest BCUT2D eigenvalue weighted by molar-refractivity contribution is 5.79. The molecule has 138 valence electrons. The Labute approximate surface area is 165 Å². The zero-order valence-electron chi connectivity index (χ0n) is 15.2. The molecule has 0 saturated carbocycles. The first kappa shape index (κ1) is 16.8. The van der Waals surface area contributed by atoms with Gasteiger partial charge in [0.2, 0.25) is 5.65 Å². The molecule has 5 aromatic rings. The number of anilines is 2. The first-order chi connectivity index (χ1) is 14.3. The molecule has 2 aromatic carbocycles. The van der Waals surface area contributed by atoms with Crippen LogP contribution in [0.1, 0.15) is 11.1 Å². The average molecular weight is 378 g/mol. The monoisotopic (exact) mass is 378 g/mol. The van der Waals surface area contributed by atoms with E-state index in [0.29, 0.717) is 29.2 Å². The van der Waals surface area contributed by atoms with Gasteiger partial charge in [-0.15, -0.1) is 5.10 Å². The van der Waals surface area contributed by atoms with Crippen molar-refractivity contribution in [3.8, 4) is 6.07 Å². The van der Waals surface area contributed by atoms with Crippen molar-refractivity contribution >= 4 is 33.7 Å². The van der Waals surface area contributed by atoms with Crippen molar-refractivity contribution in [3.05, 3.63) is 78.1 Å². The number of pyridine rings is 1. The van der Waals surface area contributed by atoms with E-state index in [2.05, 4.69) is 42.7 Å². The van der Waals surface area contributed by atoms with Crippen molar-refractivity contribution in [2.75, 3.05) is 5.32 Å². The number of nitrogens with one attached hydrogen (secondary N) is 1. The van der Waals surface area contributed by atoms with Crippen molar-refractivity contribution in [1.82, 2.24) is 29.9 Å². The highest BCUT2D eigenvalue weighted by Crippen LogP contribution is 2.18. The molecule has 0 aliphatic rings. The Bertz CT molecular complexity index is 1370. The molecule has 8 nitrogen and oxygen atoms in total. The summed E-state index contributed by atoms with van der Waals surface area (Å²) in [5.41, 5.74) is 4.52.